The van der Waals surface area contributed by atoms with Crippen molar-refractivity contribution in [3.05, 3.63) is 59.7 Å². The molecule has 0 bridgehead atoms. The second-order valence-corrected chi connectivity index (χ2v) is 5.97. The van der Waals surface area contributed by atoms with Crippen LogP contribution in [0.1, 0.15) is 30.0 Å². The van der Waals surface area contributed by atoms with Gasteiger partial charge in [0.25, 0.3) is 0 Å². The van der Waals surface area contributed by atoms with Crippen molar-refractivity contribution in [2.24, 2.45) is 11.7 Å². The fourth-order valence-corrected chi connectivity index (χ4v) is 2.96. The SMILES string of the molecule is N[C@@H](c1ccc(OCc2ccccc2)cc1O)C1CCOCC1. The fourth-order valence-electron chi connectivity index (χ4n) is 2.96. The van der Waals surface area contributed by atoms with Gasteiger partial charge in [-0.1, -0.05) is 36.4 Å². The lowest BCUT2D eigenvalue weighted by Gasteiger charge is -2.28. The zero-order valence-electron chi connectivity index (χ0n) is 13.2. The Morgan fingerprint density at radius 1 is 1.13 bits per heavy atom. The van der Waals surface area contributed by atoms with Gasteiger partial charge in [0.15, 0.2) is 0 Å². The Kier molecular flexibility index (Phi) is 5.16. The highest BCUT2D eigenvalue weighted by Crippen LogP contribution is 2.34. The fraction of sp³-hybridized carbons (Fsp3) is 0.368. The molecule has 3 rings (SSSR count). The first-order chi connectivity index (χ1) is 11.2. The highest BCUT2D eigenvalue weighted by molar-refractivity contribution is 5.41. The summed E-state index contributed by atoms with van der Waals surface area (Å²) in [7, 11) is 0. The van der Waals surface area contributed by atoms with Gasteiger partial charge in [0.1, 0.15) is 18.1 Å². The molecule has 23 heavy (non-hydrogen) atoms. The summed E-state index contributed by atoms with van der Waals surface area (Å²) >= 11 is 0. The highest BCUT2D eigenvalue weighted by atomic mass is 16.5. The Hall–Kier alpha value is -2.04. The first-order valence-electron chi connectivity index (χ1n) is 8.07. The van der Waals surface area contributed by atoms with Gasteiger partial charge in [-0.05, 0) is 30.4 Å². The standard InChI is InChI=1S/C19H23NO3/c20-19(15-8-10-22-11-9-15)17-7-6-16(12-18(17)21)23-13-14-4-2-1-3-5-14/h1-7,12,15,19,21H,8-11,13,20H2/t19-/m1/s1. The Balaban J connectivity index is 1.65. The maximum atomic E-state index is 10.3. The predicted molar refractivity (Wildman–Crippen MR) is 89.4 cm³/mol. The average molecular weight is 313 g/mol. The molecule has 1 aliphatic heterocycles. The van der Waals surface area contributed by atoms with Gasteiger partial charge in [-0.15, -0.1) is 0 Å². The van der Waals surface area contributed by atoms with E-state index >= 15 is 0 Å². The zero-order chi connectivity index (χ0) is 16.1. The van der Waals surface area contributed by atoms with Gasteiger partial charge >= 0.3 is 0 Å². The van der Waals surface area contributed by atoms with E-state index in [2.05, 4.69) is 0 Å². The van der Waals surface area contributed by atoms with Crippen LogP contribution >= 0.6 is 0 Å². The Bertz CT molecular complexity index is 624. The van der Waals surface area contributed by atoms with Crippen molar-refractivity contribution in [3.63, 3.8) is 0 Å². The molecule has 0 aromatic heterocycles. The van der Waals surface area contributed by atoms with E-state index in [1.807, 2.05) is 42.5 Å². The van der Waals surface area contributed by atoms with Gasteiger partial charge in [-0.2, -0.15) is 0 Å². The van der Waals surface area contributed by atoms with Crippen molar-refractivity contribution in [1.82, 2.24) is 0 Å². The number of aromatic hydroxyl groups is 1. The van der Waals surface area contributed by atoms with Crippen LogP contribution in [0.25, 0.3) is 0 Å². The topological polar surface area (TPSA) is 64.7 Å². The van der Waals surface area contributed by atoms with E-state index in [1.54, 1.807) is 6.07 Å². The molecule has 1 saturated heterocycles. The molecule has 2 aromatic rings. The molecule has 0 unspecified atom stereocenters. The summed E-state index contributed by atoms with van der Waals surface area (Å²) in [6, 6.07) is 15.2. The van der Waals surface area contributed by atoms with E-state index in [1.165, 1.54) is 0 Å². The maximum Gasteiger partial charge on any atom is 0.124 e. The van der Waals surface area contributed by atoms with Crippen LogP contribution in [0.2, 0.25) is 0 Å². The Morgan fingerprint density at radius 2 is 1.87 bits per heavy atom. The van der Waals surface area contributed by atoms with Crippen molar-refractivity contribution < 1.29 is 14.6 Å². The van der Waals surface area contributed by atoms with Crippen LogP contribution in [0, 0.1) is 5.92 Å². The number of phenolic OH excluding ortho intramolecular Hbond substituents is 1. The van der Waals surface area contributed by atoms with Crippen LogP contribution < -0.4 is 10.5 Å². The highest BCUT2D eigenvalue weighted by Gasteiger charge is 2.24. The minimum atomic E-state index is -0.165. The van der Waals surface area contributed by atoms with Crippen molar-refractivity contribution in [3.8, 4) is 11.5 Å². The van der Waals surface area contributed by atoms with E-state index in [9.17, 15) is 5.11 Å². The van der Waals surface area contributed by atoms with Crippen LogP contribution in [0.4, 0.5) is 0 Å². The minimum Gasteiger partial charge on any atom is -0.507 e. The van der Waals surface area contributed by atoms with Crippen LogP contribution in [-0.4, -0.2) is 18.3 Å². The van der Waals surface area contributed by atoms with E-state index < -0.39 is 0 Å². The summed E-state index contributed by atoms with van der Waals surface area (Å²) < 4.78 is 11.1. The van der Waals surface area contributed by atoms with Crippen molar-refractivity contribution in [1.29, 1.82) is 0 Å². The van der Waals surface area contributed by atoms with E-state index in [4.69, 9.17) is 15.2 Å². The minimum absolute atomic E-state index is 0.165. The molecular formula is C19H23NO3. The summed E-state index contributed by atoms with van der Waals surface area (Å²) in [6.07, 6.45) is 1.87. The largest absolute Gasteiger partial charge is 0.507 e. The second kappa shape index (κ2) is 7.49. The molecule has 3 N–H and O–H groups in total. The number of benzene rings is 2. The molecular weight excluding hydrogens is 290 g/mol. The second-order valence-electron chi connectivity index (χ2n) is 5.97. The van der Waals surface area contributed by atoms with Crippen LogP contribution in [-0.2, 0) is 11.3 Å². The third kappa shape index (κ3) is 4.03. The molecule has 4 heteroatoms. The molecule has 122 valence electrons. The zero-order valence-corrected chi connectivity index (χ0v) is 13.2. The molecule has 1 heterocycles. The van der Waals surface area contributed by atoms with E-state index in [0.29, 0.717) is 18.3 Å². The van der Waals surface area contributed by atoms with Crippen molar-refractivity contribution >= 4 is 0 Å². The van der Waals surface area contributed by atoms with E-state index in [-0.39, 0.29) is 11.8 Å². The average Bonchev–Trinajstić information content (AvgIpc) is 2.61. The lowest BCUT2D eigenvalue weighted by molar-refractivity contribution is 0.0581. The number of hydrogen-bond acceptors (Lipinski definition) is 4. The summed E-state index contributed by atoms with van der Waals surface area (Å²) in [4.78, 5) is 0. The molecule has 0 aliphatic carbocycles. The van der Waals surface area contributed by atoms with Gasteiger partial charge in [0, 0.05) is 30.9 Å². The van der Waals surface area contributed by atoms with Crippen LogP contribution in [0.3, 0.4) is 0 Å². The third-order valence-electron chi connectivity index (χ3n) is 4.38. The summed E-state index contributed by atoms with van der Waals surface area (Å²) in [5.74, 6) is 1.20. The number of nitrogens with two attached hydrogens (primary N) is 1. The van der Waals surface area contributed by atoms with Gasteiger partial charge < -0.3 is 20.3 Å². The number of hydrogen-bond donors (Lipinski definition) is 2. The molecule has 0 saturated carbocycles. The monoisotopic (exact) mass is 313 g/mol. The smallest absolute Gasteiger partial charge is 0.124 e. The lowest BCUT2D eigenvalue weighted by Crippen LogP contribution is -2.27. The first kappa shape index (κ1) is 15.8. The summed E-state index contributed by atoms with van der Waals surface area (Å²) in [6.45, 7) is 1.97. The van der Waals surface area contributed by atoms with Crippen LogP contribution in [0.5, 0.6) is 11.5 Å². The molecule has 1 fully saturated rings. The summed E-state index contributed by atoms with van der Waals surface area (Å²) in [5.41, 5.74) is 8.20. The van der Waals surface area contributed by atoms with Crippen molar-refractivity contribution in [2.75, 3.05) is 13.2 Å². The van der Waals surface area contributed by atoms with Gasteiger partial charge in [-0.3, -0.25) is 0 Å². The molecule has 0 amide bonds. The molecule has 2 aromatic carbocycles. The van der Waals surface area contributed by atoms with Crippen LogP contribution in [0.15, 0.2) is 48.5 Å². The number of phenols is 1. The number of rotatable bonds is 5. The molecule has 0 spiro atoms. The van der Waals surface area contributed by atoms with Gasteiger partial charge in [0.2, 0.25) is 0 Å². The molecule has 1 aliphatic rings. The molecule has 1 atom stereocenters. The third-order valence-corrected chi connectivity index (χ3v) is 4.38. The van der Waals surface area contributed by atoms with Crippen molar-refractivity contribution in [2.45, 2.75) is 25.5 Å². The quantitative estimate of drug-likeness (QED) is 0.888. The Labute approximate surface area is 136 Å². The van der Waals surface area contributed by atoms with Gasteiger partial charge in [0.05, 0.1) is 0 Å². The van der Waals surface area contributed by atoms with Gasteiger partial charge in [-0.25, -0.2) is 0 Å². The predicted octanol–water partition coefficient (Wildman–Crippen LogP) is 3.40. The summed E-state index contributed by atoms with van der Waals surface area (Å²) in [5, 5.41) is 10.3. The Morgan fingerprint density at radius 3 is 2.57 bits per heavy atom. The normalized spacial score (nSPS) is 16.9. The number of ether oxygens (including phenoxy) is 2. The lowest BCUT2D eigenvalue weighted by atomic mass is 9.87. The van der Waals surface area contributed by atoms with E-state index in [0.717, 1.165) is 37.2 Å². The molecule has 4 nitrogen and oxygen atoms in total. The molecule has 0 radical (unpaired) electrons. The first-order valence-corrected chi connectivity index (χ1v) is 8.07. The maximum absolute atomic E-state index is 10.3.